The quantitative estimate of drug-likeness (QED) is 0.657. The van der Waals surface area contributed by atoms with Crippen LogP contribution in [0.4, 0.5) is 0 Å². The van der Waals surface area contributed by atoms with Crippen LogP contribution in [-0.4, -0.2) is 10.9 Å². The Morgan fingerprint density at radius 3 is 2.30 bits per heavy atom. The maximum absolute atomic E-state index is 12.0. The van der Waals surface area contributed by atoms with Crippen LogP contribution in [0.1, 0.15) is 41.3 Å². The van der Waals surface area contributed by atoms with Crippen molar-refractivity contribution in [2.24, 2.45) is 0 Å². The van der Waals surface area contributed by atoms with Gasteiger partial charge in [0.25, 0.3) is 0 Å². The van der Waals surface area contributed by atoms with E-state index in [1.807, 2.05) is 12.1 Å². The molecular weight excluding hydrogens is 248 g/mol. The summed E-state index contributed by atoms with van der Waals surface area (Å²) < 4.78 is 0. The number of phenols is 1. The number of carbonyl (C=O) groups is 1. The molecule has 0 saturated carbocycles. The summed E-state index contributed by atoms with van der Waals surface area (Å²) in [6, 6.07) is 14.7. The Morgan fingerprint density at radius 2 is 1.70 bits per heavy atom. The average Bonchev–Trinajstić information content (AvgIpc) is 2.45. The molecule has 0 radical (unpaired) electrons. The number of benzene rings is 2. The SMILES string of the molecule is CC(C)c1ccc(C=CC(=O)c2ccccc2O)cc1. The van der Waals surface area contributed by atoms with Crippen molar-refractivity contribution in [1.29, 1.82) is 0 Å². The number of carbonyl (C=O) groups excluding carboxylic acids is 1. The molecule has 2 aromatic rings. The first-order valence-corrected chi connectivity index (χ1v) is 6.68. The molecule has 2 rings (SSSR count). The van der Waals surface area contributed by atoms with Crippen LogP contribution in [0.5, 0.6) is 5.75 Å². The zero-order chi connectivity index (χ0) is 14.5. The van der Waals surface area contributed by atoms with Crippen molar-refractivity contribution in [3.63, 3.8) is 0 Å². The zero-order valence-corrected chi connectivity index (χ0v) is 11.7. The second kappa shape index (κ2) is 6.20. The highest BCUT2D eigenvalue weighted by molar-refractivity contribution is 6.08. The van der Waals surface area contributed by atoms with Gasteiger partial charge in [0, 0.05) is 0 Å². The maximum Gasteiger partial charge on any atom is 0.189 e. The van der Waals surface area contributed by atoms with Gasteiger partial charge in [-0.2, -0.15) is 0 Å². The Balaban J connectivity index is 2.13. The molecule has 0 aliphatic rings. The summed E-state index contributed by atoms with van der Waals surface area (Å²) in [5.74, 6) is 0.310. The molecule has 0 saturated heterocycles. The summed E-state index contributed by atoms with van der Waals surface area (Å²) in [5.41, 5.74) is 2.56. The first kappa shape index (κ1) is 14.1. The lowest BCUT2D eigenvalue weighted by atomic mass is 10.0. The summed E-state index contributed by atoms with van der Waals surface area (Å²) >= 11 is 0. The van der Waals surface area contributed by atoms with E-state index in [1.165, 1.54) is 17.7 Å². The molecule has 102 valence electrons. The number of phenolic OH excluding ortho intramolecular Hbond substituents is 1. The molecule has 2 aromatic carbocycles. The normalized spacial score (nSPS) is 11.2. The fourth-order valence-corrected chi connectivity index (χ4v) is 1.94. The number of aromatic hydroxyl groups is 1. The Hall–Kier alpha value is -2.35. The van der Waals surface area contributed by atoms with Gasteiger partial charge >= 0.3 is 0 Å². The Labute approximate surface area is 119 Å². The summed E-state index contributed by atoms with van der Waals surface area (Å²) in [5, 5.41) is 9.62. The van der Waals surface area contributed by atoms with Gasteiger partial charge in [0.05, 0.1) is 5.56 Å². The Kier molecular flexibility index (Phi) is 4.36. The van der Waals surface area contributed by atoms with Crippen LogP contribution in [0.25, 0.3) is 6.08 Å². The number of rotatable bonds is 4. The van der Waals surface area contributed by atoms with Gasteiger partial charge in [-0.25, -0.2) is 0 Å². The molecule has 2 nitrogen and oxygen atoms in total. The van der Waals surface area contributed by atoms with E-state index in [-0.39, 0.29) is 11.5 Å². The van der Waals surface area contributed by atoms with Crippen LogP contribution in [0.3, 0.4) is 0 Å². The molecule has 0 aromatic heterocycles. The summed E-state index contributed by atoms with van der Waals surface area (Å²) in [4.78, 5) is 12.0. The van der Waals surface area contributed by atoms with E-state index in [4.69, 9.17) is 0 Å². The first-order chi connectivity index (χ1) is 9.58. The van der Waals surface area contributed by atoms with E-state index in [0.717, 1.165) is 5.56 Å². The van der Waals surface area contributed by atoms with Crippen molar-refractivity contribution in [2.45, 2.75) is 19.8 Å². The predicted octanol–water partition coefficient (Wildman–Crippen LogP) is 4.41. The molecule has 0 atom stereocenters. The molecular formula is C18H18O2. The Bertz CT molecular complexity index is 622. The fraction of sp³-hybridized carbons (Fsp3) is 0.167. The number of allylic oxidation sites excluding steroid dienone is 1. The fourth-order valence-electron chi connectivity index (χ4n) is 1.94. The molecule has 1 N–H and O–H groups in total. The van der Waals surface area contributed by atoms with E-state index < -0.39 is 0 Å². The minimum Gasteiger partial charge on any atom is -0.507 e. The minimum atomic E-state index is -0.198. The molecule has 0 amide bonds. The lowest BCUT2D eigenvalue weighted by Gasteiger charge is -2.04. The standard InChI is InChI=1S/C18H18O2/c1-13(2)15-10-7-14(8-11-15)9-12-18(20)16-5-3-4-6-17(16)19/h3-13,19H,1-2H3. The van der Waals surface area contributed by atoms with Crippen molar-refractivity contribution in [2.75, 3.05) is 0 Å². The van der Waals surface area contributed by atoms with Crippen LogP contribution in [0, 0.1) is 0 Å². The summed E-state index contributed by atoms with van der Waals surface area (Å²) in [7, 11) is 0. The van der Waals surface area contributed by atoms with E-state index in [2.05, 4.69) is 26.0 Å². The third kappa shape index (κ3) is 3.35. The van der Waals surface area contributed by atoms with Crippen LogP contribution in [0.2, 0.25) is 0 Å². The predicted molar refractivity (Wildman–Crippen MR) is 82.0 cm³/mol. The molecule has 0 fully saturated rings. The minimum absolute atomic E-state index is 0.0114. The van der Waals surface area contributed by atoms with Crippen LogP contribution in [0.15, 0.2) is 54.6 Å². The smallest absolute Gasteiger partial charge is 0.189 e. The zero-order valence-electron chi connectivity index (χ0n) is 11.7. The summed E-state index contributed by atoms with van der Waals surface area (Å²) in [6.07, 6.45) is 3.25. The van der Waals surface area contributed by atoms with Crippen molar-refractivity contribution in [3.05, 3.63) is 71.3 Å². The van der Waals surface area contributed by atoms with E-state index in [9.17, 15) is 9.90 Å². The van der Waals surface area contributed by atoms with Gasteiger partial charge in [-0.05, 0) is 35.3 Å². The van der Waals surface area contributed by atoms with Crippen molar-refractivity contribution >= 4 is 11.9 Å². The van der Waals surface area contributed by atoms with Crippen molar-refractivity contribution < 1.29 is 9.90 Å². The summed E-state index contributed by atoms with van der Waals surface area (Å²) in [6.45, 7) is 4.29. The largest absolute Gasteiger partial charge is 0.507 e. The topological polar surface area (TPSA) is 37.3 Å². The highest BCUT2D eigenvalue weighted by atomic mass is 16.3. The highest BCUT2D eigenvalue weighted by Crippen LogP contribution is 2.18. The Morgan fingerprint density at radius 1 is 1.05 bits per heavy atom. The van der Waals surface area contributed by atoms with Gasteiger partial charge < -0.3 is 5.11 Å². The molecule has 0 bridgehead atoms. The number of para-hydroxylation sites is 1. The average molecular weight is 266 g/mol. The molecule has 0 aliphatic heterocycles. The number of hydrogen-bond donors (Lipinski definition) is 1. The van der Waals surface area contributed by atoms with Gasteiger partial charge in [0.15, 0.2) is 5.78 Å². The van der Waals surface area contributed by atoms with Crippen LogP contribution in [-0.2, 0) is 0 Å². The third-order valence-corrected chi connectivity index (χ3v) is 3.20. The number of hydrogen-bond acceptors (Lipinski definition) is 2. The molecule has 0 aliphatic carbocycles. The van der Waals surface area contributed by atoms with E-state index >= 15 is 0 Å². The van der Waals surface area contributed by atoms with Crippen LogP contribution >= 0.6 is 0 Å². The van der Waals surface area contributed by atoms with E-state index in [1.54, 1.807) is 24.3 Å². The van der Waals surface area contributed by atoms with Crippen LogP contribution < -0.4 is 0 Å². The molecule has 0 unspecified atom stereocenters. The van der Waals surface area contributed by atoms with Crippen molar-refractivity contribution in [3.8, 4) is 5.75 Å². The van der Waals surface area contributed by atoms with Gasteiger partial charge in [-0.15, -0.1) is 0 Å². The van der Waals surface area contributed by atoms with Crippen molar-refractivity contribution in [1.82, 2.24) is 0 Å². The second-order valence-electron chi connectivity index (χ2n) is 5.04. The molecule has 0 spiro atoms. The first-order valence-electron chi connectivity index (χ1n) is 6.68. The van der Waals surface area contributed by atoms with Gasteiger partial charge in [0.2, 0.25) is 0 Å². The van der Waals surface area contributed by atoms with Gasteiger partial charge in [0.1, 0.15) is 5.75 Å². The lowest BCUT2D eigenvalue weighted by molar-refractivity contribution is 0.104. The number of ketones is 1. The monoisotopic (exact) mass is 266 g/mol. The van der Waals surface area contributed by atoms with E-state index in [0.29, 0.717) is 11.5 Å². The molecule has 0 heterocycles. The second-order valence-corrected chi connectivity index (χ2v) is 5.04. The lowest BCUT2D eigenvalue weighted by Crippen LogP contribution is -1.94. The highest BCUT2D eigenvalue weighted by Gasteiger charge is 2.06. The third-order valence-electron chi connectivity index (χ3n) is 3.20. The maximum atomic E-state index is 12.0. The molecule has 2 heteroatoms. The molecule has 20 heavy (non-hydrogen) atoms. The van der Waals surface area contributed by atoms with Gasteiger partial charge in [-0.1, -0.05) is 56.3 Å². The van der Waals surface area contributed by atoms with Gasteiger partial charge in [-0.3, -0.25) is 4.79 Å².